The zero-order valence-electron chi connectivity index (χ0n) is 12.4. The average molecular weight is 287 g/mol. The molecule has 21 heavy (non-hydrogen) atoms. The van der Waals surface area contributed by atoms with Crippen LogP contribution < -0.4 is 4.90 Å². The molecule has 0 N–H and O–H groups in total. The van der Waals surface area contributed by atoms with Crippen LogP contribution in [0, 0.1) is 0 Å². The molecular formula is C16H21N3O2. The van der Waals surface area contributed by atoms with Crippen molar-refractivity contribution in [2.24, 2.45) is 0 Å². The van der Waals surface area contributed by atoms with Crippen LogP contribution in [0.3, 0.4) is 0 Å². The maximum Gasteiger partial charge on any atom is 0.133 e. The highest BCUT2D eigenvalue weighted by molar-refractivity contribution is 5.47. The third kappa shape index (κ3) is 3.43. The van der Waals surface area contributed by atoms with E-state index in [1.165, 1.54) is 5.56 Å². The summed E-state index contributed by atoms with van der Waals surface area (Å²) >= 11 is 0. The zero-order valence-corrected chi connectivity index (χ0v) is 12.4. The fourth-order valence-corrected chi connectivity index (χ4v) is 2.70. The van der Waals surface area contributed by atoms with E-state index in [0.717, 1.165) is 44.3 Å². The first-order valence-electron chi connectivity index (χ1n) is 7.29. The molecule has 0 aromatic carbocycles. The molecule has 0 unspecified atom stereocenters. The first-order chi connectivity index (χ1) is 10.4. The number of furan rings is 1. The van der Waals surface area contributed by atoms with Crippen LogP contribution >= 0.6 is 0 Å². The summed E-state index contributed by atoms with van der Waals surface area (Å²) in [5.41, 5.74) is 1.26. The van der Waals surface area contributed by atoms with Crippen LogP contribution in [0.15, 0.2) is 41.1 Å². The Kier molecular flexibility index (Phi) is 4.52. The van der Waals surface area contributed by atoms with Crippen LogP contribution in [0.25, 0.3) is 0 Å². The van der Waals surface area contributed by atoms with Crippen molar-refractivity contribution < 1.29 is 9.15 Å². The van der Waals surface area contributed by atoms with Gasteiger partial charge in [0.1, 0.15) is 11.6 Å². The Bertz CT molecular complexity index is 556. The van der Waals surface area contributed by atoms with Crippen molar-refractivity contribution in [2.45, 2.75) is 13.1 Å². The minimum Gasteiger partial charge on any atom is -0.468 e. The van der Waals surface area contributed by atoms with E-state index in [-0.39, 0.29) is 0 Å². The second-order valence-corrected chi connectivity index (χ2v) is 5.26. The second-order valence-electron chi connectivity index (χ2n) is 5.26. The molecule has 0 fully saturated rings. The molecule has 5 nitrogen and oxygen atoms in total. The minimum atomic E-state index is 0.716. The Morgan fingerprint density at radius 2 is 2.24 bits per heavy atom. The van der Waals surface area contributed by atoms with Crippen LogP contribution in [-0.4, -0.2) is 43.2 Å². The van der Waals surface area contributed by atoms with Crippen LogP contribution in [-0.2, 0) is 17.8 Å². The first-order valence-corrected chi connectivity index (χ1v) is 7.29. The molecule has 3 rings (SSSR count). The number of hydrogen-bond acceptors (Lipinski definition) is 5. The van der Waals surface area contributed by atoms with Gasteiger partial charge < -0.3 is 14.1 Å². The van der Waals surface area contributed by atoms with E-state index in [1.54, 1.807) is 13.4 Å². The van der Waals surface area contributed by atoms with Crippen molar-refractivity contribution in [1.82, 2.24) is 9.88 Å². The van der Waals surface area contributed by atoms with Crippen molar-refractivity contribution in [3.8, 4) is 0 Å². The van der Waals surface area contributed by atoms with E-state index in [1.807, 2.05) is 24.4 Å². The van der Waals surface area contributed by atoms with E-state index in [9.17, 15) is 0 Å². The van der Waals surface area contributed by atoms with E-state index in [2.05, 4.69) is 20.9 Å². The molecule has 0 amide bonds. The summed E-state index contributed by atoms with van der Waals surface area (Å²) in [7, 11) is 1.74. The molecule has 0 bridgehead atoms. The number of rotatable bonds is 5. The lowest BCUT2D eigenvalue weighted by atomic mass is 10.2. The maximum absolute atomic E-state index is 5.47. The fraction of sp³-hybridized carbons (Fsp3) is 0.438. The number of aromatic nitrogens is 1. The third-order valence-corrected chi connectivity index (χ3v) is 3.77. The molecule has 112 valence electrons. The van der Waals surface area contributed by atoms with Crippen LogP contribution in [0.4, 0.5) is 5.82 Å². The molecule has 0 radical (unpaired) electrons. The van der Waals surface area contributed by atoms with Crippen LogP contribution in [0.2, 0.25) is 0 Å². The van der Waals surface area contributed by atoms with E-state index < -0.39 is 0 Å². The fourth-order valence-electron chi connectivity index (χ4n) is 2.70. The molecule has 3 heterocycles. The Hall–Kier alpha value is -1.85. The largest absolute Gasteiger partial charge is 0.468 e. The van der Waals surface area contributed by atoms with Gasteiger partial charge >= 0.3 is 0 Å². The monoisotopic (exact) mass is 287 g/mol. The predicted octanol–water partition coefficient (Wildman–Crippen LogP) is 2.14. The predicted molar refractivity (Wildman–Crippen MR) is 81.1 cm³/mol. The van der Waals surface area contributed by atoms with Gasteiger partial charge in [-0.15, -0.1) is 0 Å². The Labute approximate surface area is 125 Å². The first kappa shape index (κ1) is 14.1. The molecule has 0 saturated carbocycles. The van der Waals surface area contributed by atoms with Gasteiger partial charge in [-0.1, -0.05) is 6.07 Å². The van der Waals surface area contributed by atoms with Gasteiger partial charge in [0.2, 0.25) is 0 Å². The van der Waals surface area contributed by atoms with Crippen molar-refractivity contribution in [2.75, 3.05) is 38.3 Å². The van der Waals surface area contributed by atoms with Gasteiger partial charge in [-0.3, -0.25) is 4.90 Å². The number of nitrogens with zero attached hydrogens (tertiary/aromatic N) is 3. The quantitative estimate of drug-likeness (QED) is 0.843. The minimum absolute atomic E-state index is 0.716. The average Bonchev–Trinajstić information content (AvgIpc) is 2.94. The lowest BCUT2D eigenvalue weighted by Gasteiger charge is -2.23. The SMILES string of the molecule is COCCN1CCN(Cc2ccco2)Cc2cccnc21. The van der Waals surface area contributed by atoms with Crippen molar-refractivity contribution in [3.63, 3.8) is 0 Å². The third-order valence-electron chi connectivity index (χ3n) is 3.77. The molecule has 2 aromatic rings. The summed E-state index contributed by atoms with van der Waals surface area (Å²) in [6.07, 6.45) is 3.59. The van der Waals surface area contributed by atoms with Gasteiger partial charge in [0, 0.05) is 45.0 Å². The normalized spacial score (nSPS) is 15.8. The van der Waals surface area contributed by atoms with Gasteiger partial charge in [-0.25, -0.2) is 4.98 Å². The van der Waals surface area contributed by atoms with Crippen molar-refractivity contribution in [3.05, 3.63) is 48.0 Å². The standard InChI is InChI=1S/C16H21N3O2/c1-20-11-9-19-8-7-18(13-15-5-3-10-21-15)12-14-4-2-6-17-16(14)19/h2-6,10H,7-9,11-13H2,1H3. The number of fused-ring (bicyclic) bond motifs is 1. The molecule has 1 aliphatic rings. The molecular weight excluding hydrogens is 266 g/mol. The number of pyridine rings is 1. The number of anilines is 1. The van der Waals surface area contributed by atoms with Gasteiger partial charge in [0.15, 0.2) is 0 Å². The summed E-state index contributed by atoms with van der Waals surface area (Å²) in [5.74, 6) is 2.09. The summed E-state index contributed by atoms with van der Waals surface area (Å²) in [4.78, 5) is 9.27. The van der Waals surface area contributed by atoms with E-state index in [0.29, 0.717) is 6.61 Å². The van der Waals surface area contributed by atoms with Gasteiger partial charge in [-0.05, 0) is 18.2 Å². The highest BCUT2D eigenvalue weighted by atomic mass is 16.5. The Balaban J connectivity index is 1.76. The Morgan fingerprint density at radius 3 is 3.05 bits per heavy atom. The molecule has 0 aliphatic carbocycles. The molecule has 0 atom stereocenters. The molecule has 0 saturated heterocycles. The molecule has 2 aromatic heterocycles. The smallest absolute Gasteiger partial charge is 0.133 e. The summed E-state index contributed by atoms with van der Waals surface area (Å²) in [6, 6.07) is 8.12. The number of methoxy groups -OCH3 is 1. The maximum atomic E-state index is 5.47. The summed E-state index contributed by atoms with van der Waals surface area (Å²) in [6.45, 7) is 5.25. The summed E-state index contributed by atoms with van der Waals surface area (Å²) < 4.78 is 10.7. The van der Waals surface area contributed by atoms with Crippen molar-refractivity contribution in [1.29, 1.82) is 0 Å². The second kappa shape index (κ2) is 6.74. The van der Waals surface area contributed by atoms with E-state index in [4.69, 9.17) is 9.15 Å². The molecule has 5 heteroatoms. The van der Waals surface area contributed by atoms with Gasteiger partial charge in [0.25, 0.3) is 0 Å². The number of ether oxygens (including phenoxy) is 1. The molecule has 0 spiro atoms. The highest BCUT2D eigenvalue weighted by Crippen LogP contribution is 2.23. The number of hydrogen-bond donors (Lipinski definition) is 0. The van der Waals surface area contributed by atoms with Crippen molar-refractivity contribution >= 4 is 5.82 Å². The van der Waals surface area contributed by atoms with Gasteiger partial charge in [0.05, 0.1) is 19.4 Å². The lowest BCUT2D eigenvalue weighted by molar-refractivity contribution is 0.203. The molecule has 1 aliphatic heterocycles. The topological polar surface area (TPSA) is 41.7 Å². The van der Waals surface area contributed by atoms with Gasteiger partial charge in [-0.2, -0.15) is 0 Å². The van der Waals surface area contributed by atoms with Crippen LogP contribution in [0.5, 0.6) is 0 Å². The van der Waals surface area contributed by atoms with E-state index >= 15 is 0 Å². The lowest BCUT2D eigenvalue weighted by Crippen LogP contribution is -2.33. The van der Waals surface area contributed by atoms with Crippen LogP contribution in [0.1, 0.15) is 11.3 Å². The summed E-state index contributed by atoms with van der Waals surface area (Å²) in [5, 5.41) is 0. The zero-order chi connectivity index (χ0) is 14.5. The Morgan fingerprint density at radius 1 is 1.29 bits per heavy atom. The highest BCUT2D eigenvalue weighted by Gasteiger charge is 2.20.